The van der Waals surface area contributed by atoms with Crippen LogP contribution in [0, 0.1) is 11.8 Å². The molecule has 1 aliphatic heterocycles. The smallest absolute Gasteiger partial charge is 0.0701 e. The molecule has 1 saturated heterocycles. The molecule has 4 heteroatoms. The number of aliphatic hydroxyl groups excluding tert-OH is 1. The lowest BCUT2D eigenvalue weighted by Crippen LogP contribution is -2.42. The molecule has 0 aromatic rings. The first-order chi connectivity index (χ1) is 8.17. The van der Waals surface area contributed by atoms with Gasteiger partial charge in [-0.05, 0) is 31.2 Å². The van der Waals surface area contributed by atoms with E-state index < -0.39 is 0 Å². The maximum atomic E-state index is 8.71. The molecule has 0 aliphatic carbocycles. The first-order valence-corrected chi connectivity index (χ1v) is 6.82. The fraction of sp³-hybridized carbons (Fsp3) is 1.00. The van der Waals surface area contributed by atoms with E-state index in [9.17, 15) is 0 Å². The van der Waals surface area contributed by atoms with E-state index in [0.717, 1.165) is 39.0 Å². The molecule has 4 nitrogen and oxygen atoms in total. The average Bonchev–Trinajstić information content (AvgIpc) is 2.34. The van der Waals surface area contributed by atoms with Gasteiger partial charge in [0.1, 0.15) is 0 Å². The number of aliphatic hydroxyl groups is 1. The summed E-state index contributed by atoms with van der Waals surface area (Å²) >= 11 is 0. The van der Waals surface area contributed by atoms with Crippen molar-refractivity contribution in [2.45, 2.75) is 32.8 Å². The van der Waals surface area contributed by atoms with Gasteiger partial charge < -0.3 is 20.5 Å². The molecule has 1 heterocycles. The Kier molecular flexibility index (Phi) is 7.04. The van der Waals surface area contributed by atoms with Crippen molar-refractivity contribution in [1.82, 2.24) is 4.90 Å². The van der Waals surface area contributed by atoms with Gasteiger partial charge in [0.25, 0.3) is 0 Å². The zero-order chi connectivity index (χ0) is 12.7. The van der Waals surface area contributed by atoms with Crippen LogP contribution in [0.25, 0.3) is 0 Å². The molecule has 3 N–H and O–H groups in total. The second-order valence-electron chi connectivity index (χ2n) is 5.33. The Balaban J connectivity index is 2.22. The Morgan fingerprint density at radius 1 is 1.35 bits per heavy atom. The first-order valence-electron chi connectivity index (χ1n) is 6.82. The van der Waals surface area contributed by atoms with Crippen LogP contribution in [-0.2, 0) is 4.74 Å². The Morgan fingerprint density at radius 3 is 2.47 bits per heavy atom. The number of nitrogens with two attached hydrogens (primary N) is 1. The largest absolute Gasteiger partial charge is 0.394 e. The fourth-order valence-electron chi connectivity index (χ4n) is 2.37. The highest BCUT2D eigenvalue weighted by atomic mass is 16.5. The summed E-state index contributed by atoms with van der Waals surface area (Å²) in [6, 6.07) is 0. The van der Waals surface area contributed by atoms with Gasteiger partial charge in [-0.25, -0.2) is 0 Å². The maximum absolute atomic E-state index is 8.71. The van der Waals surface area contributed by atoms with E-state index in [1.807, 2.05) is 0 Å². The minimum Gasteiger partial charge on any atom is -0.394 e. The van der Waals surface area contributed by atoms with Crippen LogP contribution < -0.4 is 5.73 Å². The highest BCUT2D eigenvalue weighted by molar-refractivity contribution is 4.76. The topological polar surface area (TPSA) is 58.7 Å². The van der Waals surface area contributed by atoms with Crippen LogP contribution in [0.1, 0.15) is 26.7 Å². The van der Waals surface area contributed by atoms with Gasteiger partial charge in [0.2, 0.25) is 0 Å². The second-order valence-corrected chi connectivity index (χ2v) is 5.33. The third-order valence-electron chi connectivity index (χ3n) is 3.72. The van der Waals surface area contributed by atoms with Gasteiger partial charge in [-0.15, -0.1) is 0 Å². The Morgan fingerprint density at radius 2 is 2.00 bits per heavy atom. The Bertz CT molecular complexity index is 192. The molecule has 0 bridgehead atoms. The summed E-state index contributed by atoms with van der Waals surface area (Å²) in [5, 5.41) is 8.71. The van der Waals surface area contributed by atoms with Crippen molar-refractivity contribution < 1.29 is 9.84 Å². The lowest BCUT2D eigenvalue weighted by atomic mass is 9.94. The third kappa shape index (κ3) is 5.34. The van der Waals surface area contributed by atoms with Gasteiger partial charge in [-0.1, -0.05) is 13.8 Å². The van der Waals surface area contributed by atoms with Crippen LogP contribution in [0.4, 0.5) is 0 Å². The highest BCUT2D eigenvalue weighted by Crippen LogP contribution is 2.17. The highest BCUT2D eigenvalue weighted by Gasteiger charge is 2.22. The minimum atomic E-state index is 0.128. The van der Waals surface area contributed by atoms with Crippen molar-refractivity contribution in [2.75, 3.05) is 39.4 Å². The van der Waals surface area contributed by atoms with E-state index in [1.54, 1.807) is 0 Å². The summed E-state index contributed by atoms with van der Waals surface area (Å²) in [6.07, 6.45) is 2.50. The van der Waals surface area contributed by atoms with Crippen LogP contribution in [-0.4, -0.2) is 55.5 Å². The second kappa shape index (κ2) is 8.03. The molecule has 0 aromatic carbocycles. The summed E-state index contributed by atoms with van der Waals surface area (Å²) in [6.45, 7) is 9.17. The fourth-order valence-corrected chi connectivity index (χ4v) is 2.37. The van der Waals surface area contributed by atoms with E-state index in [4.69, 9.17) is 15.6 Å². The number of hydrogen-bond acceptors (Lipinski definition) is 4. The SMILES string of the molecule is CC(C)C(CN)CN1CCC(OCCO)CC1. The minimum absolute atomic E-state index is 0.128. The number of rotatable bonds is 7. The molecule has 1 fully saturated rings. The molecule has 1 aliphatic rings. The summed E-state index contributed by atoms with van der Waals surface area (Å²) in [4.78, 5) is 2.50. The van der Waals surface area contributed by atoms with Crippen LogP contribution in [0.5, 0.6) is 0 Å². The molecule has 1 unspecified atom stereocenters. The van der Waals surface area contributed by atoms with E-state index in [0.29, 0.717) is 24.5 Å². The molecular formula is C13H28N2O2. The first kappa shape index (κ1) is 14.9. The zero-order valence-corrected chi connectivity index (χ0v) is 11.3. The molecule has 0 amide bonds. The van der Waals surface area contributed by atoms with Crippen molar-refractivity contribution in [1.29, 1.82) is 0 Å². The quantitative estimate of drug-likeness (QED) is 0.692. The number of piperidine rings is 1. The lowest BCUT2D eigenvalue weighted by molar-refractivity contribution is -0.0107. The van der Waals surface area contributed by atoms with Crippen LogP contribution in [0.15, 0.2) is 0 Å². The predicted octanol–water partition coefficient (Wildman–Crippen LogP) is 0.691. The number of hydrogen-bond donors (Lipinski definition) is 2. The Labute approximate surface area is 105 Å². The molecule has 102 valence electrons. The van der Waals surface area contributed by atoms with Crippen molar-refractivity contribution in [3.8, 4) is 0 Å². The zero-order valence-electron chi connectivity index (χ0n) is 11.3. The molecule has 1 rings (SSSR count). The molecule has 0 spiro atoms. The van der Waals surface area contributed by atoms with Crippen molar-refractivity contribution in [3.63, 3.8) is 0 Å². The summed E-state index contributed by atoms with van der Waals surface area (Å²) in [5.41, 5.74) is 5.80. The lowest BCUT2D eigenvalue weighted by Gasteiger charge is -2.34. The number of ether oxygens (including phenoxy) is 1. The third-order valence-corrected chi connectivity index (χ3v) is 3.72. The predicted molar refractivity (Wildman–Crippen MR) is 69.9 cm³/mol. The van der Waals surface area contributed by atoms with Gasteiger partial charge >= 0.3 is 0 Å². The number of likely N-dealkylation sites (tertiary alicyclic amines) is 1. The van der Waals surface area contributed by atoms with Gasteiger partial charge in [0.05, 0.1) is 19.3 Å². The van der Waals surface area contributed by atoms with Gasteiger partial charge in [0.15, 0.2) is 0 Å². The van der Waals surface area contributed by atoms with Crippen molar-refractivity contribution in [3.05, 3.63) is 0 Å². The molecule has 0 saturated carbocycles. The maximum Gasteiger partial charge on any atom is 0.0701 e. The van der Waals surface area contributed by atoms with Crippen molar-refractivity contribution in [2.24, 2.45) is 17.6 Å². The molecule has 0 aromatic heterocycles. The standard InChI is InChI=1S/C13H28N2O2/c1-11(2)12(9-14)10-15-5-3-13(4-6-15)17-8-7-16/h11-13,16H,3-10,14H2,1-2H3. The molecule has 17 heavy (non-hydrogen) atoms. The molecule has 0 radical (unpaired) electrons. The Hall–Kier alpha value is -0.160. The van der Waals surface area contributed by atoms with Gasteiger partial charge in [-0.2, -0.15) is 0 Å². The van der Waals surface area contributed by atoms with E-state index >= 15 is 0 Å². The van der Waals surface area contributed by atoms with Crippen LogP contribution in [0.2, 0.25) is 0 Å². The van der Waals surface area contributed by atoms with Gasteiger partial charge in [-0.3, -0.25) is 0 Å². The summed E-state index contributed by atoms with van der Waals surface area (Å²) in [7, 11) is 0. The number of nitrogens with zero attached hydrogens (tertiary/aromatic N) is 1. The van der Waals surface area contributed by atoms with Crippen LogP contribution in [0.3, 0.4) is 0 Å². The van der Waals surface area contributed by atoms with Gasteiger partial charge in [0, 0.05) is 19.6 Å². The van der Waals surface area contributed by atoms with E-state index in [2.05, 4.69) is 18.7 Å². The molecule has 1 atom stereocenters. The van der Waals surface area contributed by atoms with Crippen molar-refractivity contribution >= 4 is 0 Å². The molecular weight excluding hydrogens is 216 g/mol. The summed E-state index contributed by atoms with van der Waals surface area (Å²) in [5.74, 6) is 1.26. The van der Waals surface area contributed by atoms with E-state index in [-0.39, 0.29) is 6.61 Å². The average molecular weight is 244 g/mol. The van der Waals surface area contributed by atoms with Crippen LogP contribution >= 0.6 is 0 Å². The monoisotopic (exact) mass is 244 g/mol. The summed E-state index contributed by atoms with van der Waals surface area (Å²) < 4.78 is 5.56. The van der Waals surface area contributed by atoms with E-state index in [1.165, 1.54) is 0 Å². The normalized spacial score (nSPS) is 21.0.